The molecule has 0 aromatic rings. The zero-order chi connectivity index (χ0) is 0. The predicted molar refractivity (Wildman–Crippen MR) is 5.81 cm³/mol. The van der Waals surface area contributed by atoms with Crippen LogP contribution in [0.3, 0.4) is 0 Å². The molecule has 5 heavy (non-hydrogen) atoms. The Balaban J connectivity index is 0. The van der Waals surface area contributed by atoms with Crippen molar-refractivity contribution >= 4 is 0 Å². The maximum atomic E-state index is 0. The van der Waals surface area contributed by atoms with Crippen LogP contribution in [0.25, 0.3) is 0 Å². The van der Waals surface area contributed by atoms with Gasteiger partial charge in [-0.3, -0.25) is 0 Å². The molecule has 0 saturated heterocycles. The standard InChI is InChI=1S/Li.3H2O.Ta/h;3*1H2;/q+1;;;;+2/p-3. The quantitative estimate of drug-likeness (QED) is 0.410. The van der Waals surface area contributed by atoms with Gasteiger partial charge in [-0.05, 0) is 0 Å². The summed E-state index contributed by atoms with van der Waals surface area (Å²) >= 11 is 0. The van der Waals surface area contributed by atoms with Gasteiger partial charge >= 0.3 is 41.2 Å². The molecule has 3 nitrogen and oxygen atoms in total. The molecule has 0 spiro atoms. The molecule has 0 amide bonds. The molecule has 0 unspecified atom stereocenters. The van der Waals surface area contributed by atoms with Gasteiger partial charge in [-0.15, -0.1) is 0 Å². The van der Waals surface area contributed by atoms with Crippen LogP contribution in [0.5, 0.6) is 0 Å². The van der Waals surface area contributed by atoms with E-state index in [-0.39, 0.29) is 57.7 Å². The van der Waals surface area contributed by atoms with E-state index in [9.17, 15) is 0 Å². The second kappa shape index (κ2) is 62.6. The third-order valence-corrected chi connectivity index (χ3v) is 0. The molecule has 5 heteroatoms. The summed E-state index contributed by atoms with van der Waals surface area (Å²) in [5, 5.41) is 0. The van der Waals surface area contributed by atoms with Crippen LogP contribution in [0.4, 0.5) is 0 Å². The Hall–Kier alpha value is 1.22. The first-order valence-electron chi connectivity index (χ1n) is 0. The Morgan fingerprint density at radius 3 is 0.600 bits per heavy atom. The molecule has 0 saturated carbocycles. The van der Waals surface area contributed by atoms with E-state index in [1.165, 1.54) is 0 Å². The Labute approximate surface area is 57.7 Å². The molecule has 0 atom stereocenters. The van der Waals surface area contributed by atoms with Crippen LogP contribution in [0, 0.1) is 0 Å². The van der Waals surface area contributed by atoms with Gasteiger partial charge < -0.3 is 16.4 Å². The third kappa shape index (κ3) is 36.4. The molecule has 0 aromatic carbocycles. The first kappa shape index (κ1) is 114. The van der Waals surface area contributed by atoms with Crippen molar-refractivity contribution in [1.29, 1.82) is 0 Å². The SMILES string of the molecule is [Li+].[OH-].[OH-].[OH-].[Ta+2]. The van der Waals surface area contributed by atoms with Crippen LogP contribution in [0.1, 0.15) is 0 Å². The number of rotatable bonds is 0. The fourth-order valence-electron chi connectivity index (χ4n) is 0. The largest absolute Gasteiger partial charge is 2.00 e. The number of hydrogen-bond donors (Lipinski definition) is 0. The second-order valence-corrected chi connectivity index (χ2v) is 0. The van der Waals surface area contributed by atoms with Gasteiger partial charge in [0.1, 0.15) is 0 Å². The zero-order valence-electron chi connectivity index (χ0n) is 2.79. The van der Waals surface area contributed by atoms with Crippen LogP contribution in [0.15, 0.2) is 0 Å². The summed E-state index contributed by atoms with van der Waals surface area (Å²) in [6.45, 7) is 0. The number of hydrogen-bond acceptors (Lipinski definition) is 3. The molecule has 0 aliphatic heterocycles. The van der Waals surface area contributed by atoms with Gasteiger partial charge in [0.25, 0.3) is 0 Å². The van der Waals surface area contributed by atoms with E-state index in [1.807, 2.05) is 0 Å². The van der Waals surface area contributed by atoms with Gasteiger partial charge in [0.15, 0.2) is 0 Å². The van der Waals surface area contributed by atoms with E-state index in [1.54, 1.807) is 0 Å². The van der Waals surface area contributed by atoms with Crippen molar-refractivity contribution in [2.45, 2.75) is 0 Å². The van der Waals surface area contributed by atoms with E-state index in [2.05, 4.69) is 0 Å². The molecular weight excluding hydrogens is 236 g/mol. The van der Waals surface area contributed by atoms with Crippen molar-refractivity contribution < 1.29 is 57.7 Å². The molecule has 27 valence electrons. The van der Waals surface area contributed by atoms with Crippen LogP contribution in [-0.4, -0.2) is 16.4 Å². The van der Waals surface area contributed by atoms with Crippen molar-refractivity contribution in [2.75, 3.05) is 0 Å². The first-order chi connectivity index (χ1) is 0. The molecule has 0 heterocycles. The molecule has 0 fully saturated rings. The average molecular weight is 239 g/mol. The fourth-order valence-corrected chi connectivity index (χ4v) is 0. The van der Waals surface area contributed by atoms with Crippen LogP contribution >= 0.6 is 0 Å². The summed E-state index contributed by atoms with van der Waals surface area (Å²) in [7, 11) is 0. The predicted octanol–water partition coefficient (Wildman–Crippen LogP) is -3.53. The Morgan fingerprint density at radius 1 is 0.600 bits per heavy atom. The van der Waals surface area contributed by atoms with E-state index >= 15 is 0 Å². The molecule has 0 aliphatic rings. The van der Waals surface area contributed by atoms with Crippen LogP contribution in [-0.2, 0) is 22.4 Å². The third-order valence-electron chi connectivity index (χ3n) is 0. The monoisotopic (exact) mass is 239 g/mol. The van der Waals surface area contributed by atoms with Gasteiger partial charge in [0.2, 0.25) is 0 Å². The smallest absolute Gasteiger partial charge is 0.870 e. The van der Waals surface area contributed by atoms with Crippen molar-refractivity contribution in [2.24, 2.45) is 0 Å². The van der Waals surface area contributed by atoms with Crippen LogP contribution < -0.4 is 18.9 Å². The van der Waals surface area contributed by atoms with Crippen molar-refractivity contribution in [3.63, 3.8) is 0 Å². The van der Waals surface area contributed by atoms with E-state index < -0.39 is 0 Å². The van der Waals surface area contributed by atoms with Crippen molar-refractivity contribution in [3.8, 4) is 0 Å². The maximum Gasteiger partial charge on any atom is 2.00 e. The van der Waals surface area contributed by atoms with E-state index in [4.69, 9.17) is 0 Å². The minimum atomic E-state index is 0. The van der Waals surface area contributed by atoms with Gasteiger partial charge in [0.05, 0.1) is 0 Å². The van der Waals surface area contributed by atoms with Gasteiger partial charge in [-0.2, -0.15) is 0 Å². The minimum absolute atomic E-state index is 0. The molecule has 1 radical (unpaired) electrons. The summed E-state index contributed by atoms with van der Waals surface area (Å²) in [4.78, 5) is 0. The molecule has 0 rings (SSSR count). The van der Waals surface area contributed by atoms with Gasteiger partial charge in [0, 0.05) is 0 Å². The summed E-state index contributed by atoms with van der Waals surface area (Å²) in [5.41, 5.74) is 0. The minimum Gasteiger partial charge on any atom is -0.870 e. The molecule has 0 bridgehead atoms. The van der Waals surface area contributed by atoms with Gasteiger partial charge in [-0.25, -0.2) is 0 Å². The molecule has 3 N–H and O–H groups in total. The Morgan fingerprint density at radius 2 is 0.600 bits per heavy atom. The summed E-state index contributed by atoms with van der Waals surface area (Å²) in [5.74, 6) is 0. The van der Waals surface area contributed by atoms with Crippen molar-refractivity contribution in [1.82, 2.24) is 0 Å². The molecular formula is H3LiO3Ta. The maximum absolute atomic E-state index is 0. The Bertz CT molecular complexity index is 6.85. The van der Waals surface area contributed by atoms with E-state index in [0.717, 1.165) is 0 Å². The second-order valence-electron chi connectivity index (χ2n) is 0. The first-order valence-corrected chi connectivity index (χ1v) is 0. The topological polar surface area (TPSA) is 90.0 Å². The Kier molecular flexibility index (Phi) is 1430. The average Bonchev–Trinajstić information content (AvgIpc) is 0. The summed E-state index contributed by atoms with van der Waals surface area (Å²) in [6.07, 6.45) is 0. The fraction of sp³-hybridized carbons (Fsp3) is 0. The summed E-state index contributed by atoms with van der Waals surface area (Å²) in [6, 6.07) is 0. The van der Waals surface area contributed by atoms with E-state index in [0.29, 0.717) is 0 Å². The summed E-state index contributed by atoms with van der Waals surface area (Å²) < 4.78 is 0. The van der Waals surface area contributed by atoms with Crippen molar-refractivity contribution in [3.05, 3.63) is 0 Å². The molecule has 0 aromatic heterocycles. The van der Waals surface area contributed by atoms with Crippen LogP contribution in [0.2, 0.25) is 0 Å². The van der Waals surface area contributed by atoms with Gasteiger partial charge in [-0.1, -0.05) is 0 Å². The zero-order valence-corrected chi connectivity index (χ0v) is 6.00. The normalized spacial score (nSPS) is 0. The molecule has 0 aliphatic carbocycles.